The highest BCUT2D eigenvalue weighted by atomic mass is 16.2. The average Bonchev–Trinajstić information content (AvgIpc) is 3.05. The first-order valence-electron chi connectivity index (χ1n) is 11.0. The molecule has 0 aliphatic carbocycles. The number of ketones is 1. The van der Waals surface area contributed by atoms with E-state index in [-0.39, 0.29) is 23.3 Å². The van der Waals surface area contributed by atoms with Crippen molar-refractivity contribution in [2.45, 2.75) is 51.1 Å². The van der Waals surface area contributed by atoms with Crippen molar-refractivity contribution < 1.29 is 9.59 Å². The Morgan fingerprint density at radius 3 is 2.61 bits per heavy atom. The highest BCUT2D eigenvalue weighted by Crippen LogP contribution is 2.31. The average molecular weight is 415 g/mol. The molecule has 2 aliphatic rings. The molecule has 0 N–H and O–H groups in total. The number of fused-ring (bicyclic) bond motifs is 2. The molecule has 158 valence electrons. The predicted molar refractivity (Wildman–Crippen MR) is 118 cm³/mol. The summed E-state index contributed by atoms with van der Waals surface area (Å²) < 4.78 is 1.79. The molecule has 1 amide bonds. The van der Waals surface area contributed by atoms with Crippen LogP contribution in [0.15, 0.2) is 53.3 Å². The summed E-state index contributed by atoms with van der Waals surface area (Å²) in [5.41, 5.74) is 2.03. The van der Waals surface area contributed by atoms with Crippen LogP contribution in [0.1, 0.15) is 59.9 Å². The number of likely N-dealkylation sites (tertiary alicyclic amines) is 1. The second-order valence-corrected chi connectivity index (χ2v) is 8.45. The van der Waals surface area contributed by atoms with E-state index in [1.807, 2.05) is 30.3 Å². The van der Waals surface area contributed by atoms with Crippen molar-refractivity contribution in [1.29, 1.82) is 0 Å². The number of aromatic nitrogens is 2. The van der Waals surface area contributed by atoms with Gasteiger partial charge in [-0.2, -0.15) is 0 Å². The molecular formula is C25H25N3O3. The van der Waals surface area contributed by atoms with Gasteiger partial charge in [-0.25, -0.2) is 4.98 Å². The van der Waals surface area contributed by atoms with Gasteiger partial charge in [-0.1, -0.05) is 36.8 Å². The summed E-state index contributed by atoms with van der Waals surface area (Å²) in [7, 11) is 0. The van der Waals surface area contributed by atoms with Crippen LogP contribution in [0.3, 0.4) is 0 Å². The van der Waals surface area contributed by atoms with Gasteiger partial charge in [-0.3, -0.25) is 19.0 Å². The topological polar surface area (TPSA) is 72.3 Å². The molecule has 1 atom stereocenters. The number of hydrogen-bond acceptors (Lipinski definition) is 4. The molecule has 0 radical (unpaired) electrons. The zero-order valence-electron chi connectivity index (χ0n) is 17.4. The van der Waals surface area contributed by atoms with Crippen molar-refractivity contribution in [2.24, 2.45) is 0 Å². The van der Waals surface area contributed by atoms with Crippen molar-refractivity contribution in [2.75, 3.05) is 6.54 Å². The Bertz CT molecular complexity index is 1220. The van der Waals surface area contributed by atoms with Crippen LogP contribution in [0.4, 0.5) is 0 Å². The molecule has 1 fully saturated rings. The smallest absolute Gasteiger partial charge is 0.261 e. The number of rotatable bonds is 2. The van der Waals surface area contributed by atoms with E-state index in [4.69, 9.17) is 4.98 Å². The lowest BCUT2D eigenvalue weighted by molar-refractivity contribution is -0.122. The maximum atomic E-state index is 13.5. The molecule has 2 aliphatic heterocycles. The lowest BCUT2D eigenvalue weighted by Gasteiger charge is -2.35. The van der Waals surface area contributed by atoms with Crippen molar-refractivity contribution >= 4 is 22.6 Å². The second-order valence-electron chi connectivity index (χ2n) is 8.45. The molecule has 6 nitrogen and oxygen atoms in total. The van der Waals surface area contributed by atoms with Gasteiger partial charge in [-0.05, 0) is 36.6 Å². The summed E-state index contributed by atoms with van der Waals surface area (Å²) in [6, 6.07) is 14.6. The highest BCUT2D eigenvalue weighted by molar-refractivity contribution is 5.99. The summed E-state index contributed by atoms with van der Waals surface area (Å²) in [5, 5.41) is 0.552. The van der Waals surface area contributed by atoms with Crippen LogP contribution >= 0.6 is 0 Å². The summed E-state index contributed by atoms with van der Waals surface area (Å²) in [6.07, 6.45) is 4.60. The van der Waals surface area contributed by atoms with Crippen molar-refractivity contribution in [3.05, 3.63) is 75.8 Å². The second kappa shape index (κ2) is 8.10. The normalized spacial score (nSPS) is 19.2. The summed E-state index contributed by atoms with van der Waals surface area (Å²) in [5.74, 6) is 0.860. The van der Waals surface area contributed by atoms with Gasteiger partial charge in [0, 0.05) is 37.9 Å². The molecule has 0 saturated carbocycles. The largest absolute Gasteiger partial charge is 0.331 e. The highest BCUT2D eigenvalue weighted by Gasteiger charge is 2.32. The van der Waals surface area contributed by atoms with Crippen molar-refractivity contribution in [3.63, 3.8) is 0 Å². The van der Waals surface area contributed by atoms with E-state index < -0.39 is 0 Å². The number of amides is 1. The fourth-order valence-corrected chi connectivity index (χ4v) is 4.76. The molecule has 1 aromatic heterocycles. The number of benzene rings is 2. The number of nitrogens with zero attached hydrogens (tertiary/aromatic N) is 3. The van der Waals surface area contributed by atoms with E-state index in [0.29, 0.717) is 42.4 Å². The Labute approximate surface area is 180 Å². The Morgan fingerprint density at radius 2 is 1.77 bits per heavy atom. The lowest BCUT2D eigenvalue weighted by Crippen LogP contribution is -2.41. The molecule has 1 saturated heterocycles. The molecule has 1 unspecified atom stereocenters. The summed E-state index contributed by atoms with van der Waals surface area (Å²) in [4.78, 5) is 45.1. The van der Waals surface area contributed by atoms with Gasteiger partial charge in [0.25, 0.3) is 11.5 Å². The van der Waals surface area contributed by atoms with Crippen LogP contribution in [0.5, 0.6) is 0 Å². The first kappa shape index (κ1) is 19.7. The maximum Gasteiger partial charge on any atom is 0.261 e. The van der Waals surface area contributed by atoms with E-state index in [0.717, 1.165) is 37.1 Å². The first-order chi connectivity index (χ1) is 15.1. The minimum absolute atomic E-state index is 0.0216. The Hall–Kier alpha value is -3.28. The lowest BCUT2D eigenvalue weighted by atomic mass is 9.93. The standard InChI is InChI=1S/C25H25N3O3/c29-19-12-14-27(22(16-19)17-7-3-1-4-8-17)24(30)18-10-11-20-21(15-18)26-23-9-5-2-6-13-28(23)25(20)31/h1,3-4,7-8,10-11,15,22H,2,5-6,9,12-14,16H2. The Morgan fingerprint density at radius 1 is 0.935 bits per heavy atom. The number of Topliss-reactive ketones (excluding diaryl/α,β-unsaturated/α-hetero) is 1. The number of hydrogen-bond donors (Lipinski definition) is 0. The van der Waals surface area contributed by atoms with E-state index >= 15 is 0 Å². The molecule has 6 heteroatoms. The van der Waals surface area contributed by atoms with Gasteiger partial charge in [0.05, 0.1) is 16.9 Å². The third kappa shape index (κ3) is 3.67. The van der Waals surface area contributed by atoms with Crippen LogP contribution in [-0.2, 0) is 17.8 Å². The molecule has 2 aromatic carbocycles. The van der Waals surface area contributed by atoms with Gasteiger partial charge in [0.15, 0.2) is 0 Å². The third-order valence-corrected chi connectivity index (χ3v) is 6.44. The molecule has 0 spiro atoms. The van der Waals surface area contributed by atoms with Gasteiger partial charge in [0.1, 0.15) is 11.6 Å². The van der Waals surface area contributed by atoms with Crippen LogP contribution in [0, 0.1) is 0 Å². The SMILES string of the molecule is O=C1CCN(C(=O)c2ccc3c(=O)n4c(nc3c2)CCCCC4)C(c2ccccc2)C1. The van der Waals surface area contributed by atoms with Crippen LogP contribution in [0.25, 0.3) is 10.9 Å². The fraction of sp³-hybridized carbons (Fsp3) is 0.360. The molecule has 0 bridgehead atoms. The van der Waals surface area contributed by atoms with Gasteiger partial charge >= 0.3 is 0 Å². The number of carbonyl (C=O) groups excluding carboxylic acids is 2. The molecule has 3 heterocycles. The third-order valence-electron chi connectivity index (χ3n) is 6.44. The molecule has 5 rings (SSSR count). The fourth-order valence-electron chi connectivity index (χ4n) is 4.76. The summed E-state index contributed by atoms with van der Waals surface area (Å²) in [6.45, 7) is 1.11. The van der Waals surface area contributed by atoms with Crippen molar-refractivity contribution in [3.8, 4) is 0 Å². The number of aryl methyl sites for hydroxylation is 1. The minimum Gasteiger partial charge on any atom is -0.331 e. The molecule has 31 heavy (non-hydrogen) atoms. The monoisotopic (exact) mass is 415 g/mol. The first-order valence-corrected chi connectivity index (χ1v) is 11.0. The zero-order valence-corrected chi connectivity index (χ0v) is 17.4. The minimum atomic E-state index is -0.267. The quantitative estimate of drug-likeness (QED) is 0.640. The Balaban J connectivity index is 1.53. The van der Waals surface area contributed by atoms with Crippen LogP contribution < -0.4 is 5.56 Å². The summed E-state index contributed by atoms with van der Waals surface area (Å²) >= 11 is 0. The van der Waals surface area contributed by atoms with E-state index in [1.54, 1.807) is 27.7 Å². The van der Waals surface area contributed by atoms with Gasteiger partial charge in [0.2, 0.25) is 0 Å². The molecular weight excluding hydrogens is 390 g/mol. The van der Waals surface area contributed by atoms with Crippen LogP contribution in [-0.4, -0.2) is 32.7 Å². The van der Waals surface area contributed by atoms with E-state index in [2.05, 4.69) is 0 Å². The van der Waals surface area contributed by atoms with Crippen molar-refractivity contribution in [1.82, 2.24) is 14.5 Å². The number of piperidine rings is 1. The maximum absolute atomic E-state index is 13.5. The van der Waals surface area contributed by atoms with Crippen LogP contribution in [0.2, 0.25) is 0 Å². The number of carbonyl (C=O) groups is 2. The molecule has 3 aromatic rings. The van der Waals surface area contributed by atoms with Gasteiger partial charge < -0.3 is 4.90 Å². The zero-order chi connectivity index (χ0) is 21.4. The van der Waals surface area contributed by atoms with E-state index in [1.165, 1.54) is 0 Å². The Kier molecular flexibility index (Phi) is 5.14. The predicted octanol–water partition coefficient (Wildman–Crippen LogP) is 3.67. The van der Waals surface area contributed by atoms with E-state index in [9.17, 15) is 14.4 Å². The van der Waals surface area contributed by atoms with Gasteiger partial charge in [-0.15, -0.1) is 0 Å².